The van der Waals surface area contributed by atoms with E-state index in [0.29, 0.717) is 43.1 Å². The van der Waals surface area contributed by atoms with Gasteiger partial charge in [0.1, 0.15) is 0 Å². The summed E-state index contributed by atoms with van der Waals surface area (Å²) in [5.74, 6) is 0.0892. The molecule has 8 nitrogen and oxygen atoms in total. The Balaban J connectivity index is 1.12. The van der Waals surface area contributed by atoms with Crippen LogP contribution in [0.25, 0.3) is 0 Å². The number of carbonyl (C=O) groups excluding carboxylic acids is 2. The number of methoxy groups -OCH3 is 1. The van der Waals surface area contributed by atoms with Crippen molar-refractivity contribution in [2.24, 2.45) is 11.8 Å². The molecule has 2 bridgehead atoms. The van der Waals surface area contributed by atoms with Crippen molar-refractivity contribution >= 4 is 11.8 Å². The van der Waals surface area contributed by atoms with Crippen LogP contribution in [0.15, 0.2) is 42.6 Å². The van der Waals surface area contributed by atoms with Crippen LogP contribution in [-0.4, -0.2) is 65.6 Å². The van der Waals surface area contributed by atoms with Crippen LogP contribution in [0, 0.1) is 11.8 Å². The molecule has 3 N–H and O–H groups in total. The van der Waals surface area contributed by atoms with Gasteiger partial charge in [0, 0.05) is 48.6 Å². The Morgan fingerprint density at radius 1 is 1.15 bits per heavy atom. The van der Waals surface area contributed by atoms with E-state index < -0.39 is 23.2 Å². The van der Waals surface area contributed by atoms with Crippen LogP contribution < -0.4 is 15.4 Å². The van der Waals surface area contributed by atoms with Gasteiger partial charge in [-0.05, 0) is 68.2 Å². The number of likely N-dealkylation sites (tertiary alicyclic amines) is 1. The number of amides is 2. The Bertz CT molecular complexity index is 1190. The molecule has 210 valence electrons. The largest absolute Gasteiger partial charge is 0.481 e. The van der Waals surface area contributed by atoms with Crippen molar-refractivity contribution in [3.05, 3.63) is 59.3 Å². The van der Waals surface area contributed by atoms with Crippen molar-refractivity contribution in [2.75, 3.05) is 26.7 Å². The number of carbonyl (C=O) groups is 2. The van der Waals surface area contributed by atoms with Gasteiger partial charge in [0.25, 0.3) is 5.91 Å². The van der Waals surface area contributed by atoms with Crippen molar-refractivity contribution in [3.63, 3.8) is 0 Å². The Kier molecular flexibility index (Phi) is 7.56. The molecular formula is C28H33F3N4O4. The summed E-state index contributed by atoms with van der Waals surface area (Å²) in [6, 6.07) is 8.04. The molecule has 11 heteroatoms. The number of alkyl halides is 3. The first-order valence-electron chi connectivity index (χ1n) is 13.3. The second kappa shape index (κ2) is 10.8. The van der Waals surface area contributed by atoms with Crippen LogP contribution >= 0.6 is 0 Å². The lowest BCUT2D eigenvalue weighted by Gasteiger charge is -2.45. The number of fused-ring (bicyclic) bond motifs is 2. The number of nitrogens with one attached hydrogen (secondary N) is 2. The first kappa shape index (κ1) is 27.4. The van der Waals surface area contributed by atoms with Gasteiger partial charge in [0.05, 0.1) is 24.8 Å². The minimum Gasteiger partial charge on any atom is -0.481 e. The third-order valence-corrected chi connectivity index (χ3v) is 8.42. The molecule has 3 aliphatic rings. The van der Waals surface area contributed by atoms with Crippen LogP contribution in [-0.2, 0) is 16.6 Å². The Morgan fingerprint density at radius 2 is 1.90 bits per heavy atom. The van der Waals surface area contributed by atoms with Gasteiger partial charge >= 0.3 is 6.18 Å². The predicted molar refractivity (Wildman–Crippen MR) is 136 cm³/mol. The molecule has 1 aromatic heterocycles. The van der Waals surface area contributed by atoms with E-state index in [9.17, 15) is 27.9 Å². The van der Waals surface area contributed by atoms with E-state index in [1.165, 1.54) is 6.07 Å². The molecule has 3 atom stereocenters. The lowest BCUT2D eigenvalue weighted by molar-refractivity contribution is -0.137. The van der Waals surface area contributed by atoms with Crippen molar-refractivity contribution in [1.29, 1.82) is 0 Å². The molecule has 0 radical (unpaired) electrons. The topological polar surface area (TPSA) is 104 Å². The highest BCUT2D eigenvalue weighted by atomic mass is 19.4. The number of rotatable bonds is 7. The zero-order valence-corrected chi connectivity index (χ0v) is 21.7. The maximum Gasteiger partial charge on any atom is 0.416 e. The fourth-order valence-corrected chi connectivity index (χ4v) is 6.71. The number of ether oxygens (including phenoxy) is 1. The Hall–Kier alpha value is -3.18. The fourth-order valence-electron chi connectivity index (χ4n) is 6.71. The van der Waals surface area contributed by atoms with Crippen LogP contribution in [0.5, 0.6) is 5.88 Å². The third kappa shape index (κ3) is 5.89. The average molecular weight is 547 g/mol. The van der Waals surface area contributed by atoms with Crippen molar-refractivity contribution < 1.29 is 32.6 Å². The van der Waals surface area contributed by atoms with E-state index in [0.717, 1.165) is 49.6 Å². The molecule has 3 fully saturated rings. The lowest BCUT2D eigenvalue weighted by atomic mass is 9.71. The lowest BCUT2D eigenvalue weighted by Crippen LogP contribution is -2.50. The molecule has 2 amide bonds. The van der Waals surface area contributed by atoms with E-state index in [-0.39, 0.29) is 24.1 Å². The van der Waals surface area contributed by atoms with Gasteiger partial charge in [-0.15, -0.1) is 0 Å². The summed E-state index contributed by atoms with van der Waals surface area (Å²) in [7, 11) is 1.56. The first-order chi connectivity index (χ1) is 18.6. The summed E-state index contributed by atoms with van der Waals surface area (Å²) in [5, 5.41) is 16.9. The summed E-state index contributed by atoms with van der Waals surface area (Å²) < 4.78 is 43.9. The quantitative estimate of drug-likeness (QED) is 0.493. The molecule has 5 rings (SSSR count). The maximum atomic E-state index is 12.9. The molecular weight excluding hydrogens is 513 g/mol. The summed E-state index contributed by atoms with van der Waals surface area (Å²) >= 11 is 0. The minimum absolute atomic E-state index is 0.0750. The van der Waals surface area contributed by atoms with Crippen LogP contribution in [0.2, 0.25) is 0 Å². The average Bonchev–Trinajstić information content (AvgIpc) is 3.48. The molecule has 3 unspecified atom stereocenters. The molecule has 39 heavy (non-hydrogen) atoms. The van der Waals surface area contributed by atoms with Gasteiger partial charge in [-0.3, -0.25) is 14.5 Å². The summed E-state index contributed by atoms with van der Waals surface area (Å²) in [5.41, 5.74) is -1.16. The predicted octanol–water partition coefficient (Wildman–Crippen LogP) is 3.11. The van der Waals surface area contributed by atoms with E-state index in [4.69, 9.17) is 4.74 Å². The molecule has 1 saturated heterocycles. The number of nitrogens with zero attached hydrogens (tertiary/aromatic N) is 2. The maximum absolute atomic E-state index is 12.9. The third-order valence-electron chi connectivity index (χ3n) is 8.42. The number of benzene rings is 1. The number of halogens is 3. The summed E-state index contributed by atoms with van der Waals surface area (Å²) in [6.07, 6.45) is 1.36. The number of aliphatic hydroxyl groups is 1. The van der Waals surface area contributed by atoms with Crippen molar-refractivity contribution in [3.8, 4) is 5.88 Å². The van der Waals surface area contributed by atoms with Gasteiger partial charge in [-0.25, -0.2) is 4.98 Å². The molecule has 2 saturated carbocycles. The van der Waals surface area contributed by atoms with E-state index >= 15 is 0 Å². The smallest absolute Gasteiger partial charge is 0.416 e. The molecule has 1 aliphatic heterocycles. The second-order valence-electron chi connectivity index (χ2n) is 10.9. The Morgan fingerprint density at radius 3 is 2.54 bits per heavy atom. The van der Waals surface area contributed by atoms with Gasteiger partial charge in [-0.2, -0.15) is 13.2 Å². The molecule has 2 aromatic rings. The molecule has 1 aromatic carbocycles. The van der Waals surface area contributed by atoms with Crippen molar-refractivity contribution in [2.45, 2.75) is 56.0 Å². The van der Waals surface area contributed by atoms with Gasteiger partial charge in [0.15, 0.2) is 0 Å². The van der Waals surface area contributed by atoms with Gasteiger partial charge < -0.3 is 20.5 Å². The van der Waals surface area contributed by atoms with E-state index in [2.05, 4.69) is 20.5 Å². The van der Waals surface area contributed by atoms with Crippen molar-refractivity contribution in [1.82, 2.24) is 20.5 Å². The fraction of sp³-hybridized carbons (Fsp3) is 0.536. The monoisotopic (exact) mass is 546 g/mol. The number of pyridine rings is 1. The molecule has 2 heterocycles. The number of aromatic nitrogens is 1. The summed E-state index contributed by atoms with van der Waals surface area (Å²) in [4.78, 5) is 31.5. The highest BCUT2D eigenvalue weighted by Crippen LogP contribution is 2.52. The zero-order chi connectivity index (χ0) is 27.8. The van der Waals surface area contributed by atoms with E-state index in [1.807, 2.05) is 6.07 Å². The highest BCUT2D eigenvalue weighted by molar-refractivity contribution is 5.96. The SMILES string of the molecule is COc1ccc(C2(O)CC3CCC(C2)C3N2CCC(NC(=O)CNC(=O)c3cccc(C(F)(F)F)c3)C2)cn1. The second-order valence-corrected chi connectivity index (χ2v) is 10.9. The Labute approximate surface area is 224 Å². The summed E-state index contributed by atoms with van der Waals surface area (Å²) in [6.45, 7) is 1.21. The highest BCUT2D eigenvalue weighted by Gasteiger charge is 2.52. The van der Waals surface area contributed by atoms with Crippen LogP contribution in [0.3, 0.4) is 0 Å². The normalized spacial score (nSPS) is 28.7. The van der Waals surface area contributed by atoms with Gasteiger partial charge in [-0.1, -0.05) is 6.07 Å². The first-order valence-corrected chi connectivity index (χ1v) is 13.3. The minimum atomic E-state index is -4.55. The molecule has 0 spiro atoms. The molecule has 2 aliphatic carbocycles. The van der Waals surface area contributed by atoms with Crippen LogP contribution in [0.4, 0.5) is 13.2 Å². The zero-order valence-electron chi connectivity index (χ0n) is 21.7. The standard InChI is InChI=1S/C28H33F3N4O4/c1-39-24-8-7-21(14-32-24)27(38)12-18-5-6-19(13-27)25(18)35-10-9-22(16-35)34-23(36)15-33-26(37)17-3-2-4-20(11-17)28(29,30)31/h2-4,7-8,11,14,18-19,22,25,38H,5-6,9-10,12-13,15-16H2,1H3,(H,33,37)(H,34,36). The van der Waals surface area contributed by atoms with E-state index in [1.54, 1.807) is 19.4 Å². The number of hydrogen-bond donors (Lipinski definition) is 3. The van der Waals surface area contributed by atoms with Crippen LogP contribution in [0.1, 0.15) is 53.6 Å². The number of hydrogen-bond acceptors (Lipinski definition) is 6. The van der Waals surface area contributed by atoms with Gasteiger partial charge in [0.2, 0.25) is 11.8 Å².